The maximum Gasteiger partial charge on any atom is 0.307 e. The van der Waals surface area contributed by atoms with Gasteiger partial charge in [-0.25, -0.2) is 0 Å². The number of ether oxygens (including phenoxy) is 1. The SMILES string of the molecule is CC(C)(C)OC(=O)CC1(c2cc[c-]cc2)CCC1.[W]. The minimum atomic E-state index is -0.396. The van der Waals surface area contributed by atoms with Crippen molar-refractivity contribution < 1.29 is 30.6 Å². The average Bonchev–Trinajstić information content (AvgIpc) is 2.22. The summed E-state index contributed by atoms with van der Waals surface area (Å²) in [6.45, 7) is 5.74. The Kier molecular flexibility index (Phi) is 5.38. The third kappa shape index (κ3) is 4.17. The van der Waals surface area contributed by atoms with E-state index in [-0.39, 0.29) is 32.4 Å². The third-order valence-corrected chi connectivity index (χ3v) is 3.54. The van der Waals surface area contributed by atoms with Crippen LogP contribution in [0, 0.1) is 6.07 Å². The van der Waals surface area contributed by atoms with Crippen molar-refractivity contribution in [2.24, 2.45) is 0 Å². The van der Waals surface area contributed by atoms with Crippen molar-refractivity contribution in [1.82, 2.24) is 0 Å². The van der Waals surface area contributed by atoms with E-state index in [0.29, 0.717) is 6.42 Å². The molecule has 0 aromatic heterocycles. The summed E-state index contributed by atoms with van der Waals surface area (Å²) < 4.78 is 5.44. The van der Waals surface area contributed by atoms with E-state index in [2.05, 4.69) is 18.2 Å². The molecule has 2 nitrogen and oxygen atoms in total. The topological polar surface area (TPSA) is 26.3 Å². The van der Waals surface area contributed by atoms with E-state index >= 15 is 0 Å². The van der Waals surface area contributed by atoms with Crippen molar-refractivity contribution in [3.63, 3.8) is 0 Å². The Morgan fingerprint density at radius 3 is 2.32 bits per heavy atom. The minimum Gasteiger partial charge on any atom is -0.460 e. The van der Waals surface area contributed by atoms with Gasteiger partial charge in [0.05, 0.1) is 6.42 Å². The van der Waals surface area contributed by atoms with Gasteiger partial charge in [-0.15, -0.1) is 0 Å². The predicted octanol–water partition coefficient (Wildman–Crippen LogP) is 3.64. The Morgan fingerprint density at radius 2 is 1.89 bits per heavy atom. The molecule has 0 saturated heterocycles. The molecule has 0 amide bonds. The molecule has 0 radical (unpaired) electrons. The largest absolute Gasteiger partial charge is 0.460 e. The summed E-state index contributed by atoms with van der Waals surface area (Å²) in [5, 5.41) is 0. The standard InChI is InChI=1S/C16H21O2.W/c1-15(2,3)18-14(17)12-16(10-7-11-16)13-8-5-4-6-9-13;/h5-6,8-9H,7,10-12H2,1-3H3;/q-1;. The number of carbonyl (C=O) groups is 1. The van der Waals surface area contributed by atoms with Crippen molar-refractivity contribution >= 4 is 5.97 Å². The van der Waals surface area contributed by atoms with Crippen LogP contribution in [0.5, 0.6) is 0 Å². The summed E-state index contributed by atoms with van der Waals surface area (Å²) in [6.07, 6.45) is 3.85. The molecule has 0 aliphatic heterocycles. The predicted molar refractivity (Wildman–Crippen MR) is 71.3 cm³/mol. The maximum atomic E-state index is 12.0. The molecular formula is C16H21O2W-. The first-order valence-corrected chi connectivity index (χ1v) is 6.60. The first kappa shape index (κ1) is 16.4. The first-order chi connectivity index (χ1) is 8.41. The van der Waals surface area contributed by atoms with Crippen molar-refractivity contribution in [2.45, 2.75) is 57.5 Å². The van der Waals surface area contributed by atoms with Gasteiger partial charge in [-0.1, -0.05) is 6.42 Å². The van der Waals surface area contributed by atoms with Gasteiger partial charge in [0.2, 0.25) is 0 Å². The van der Waals surface area contributed by atoms with Crippen LogP contribution in [0.2, 0.25) is 0 Å². The zero-order valence-corrected chi connectivity index (χ0v) is 14.8. The Morgan fingerprint density at radius 1 is 1.32 bits per heavy atom. The van der Waals surface area contributed by atoms with Gasteiger partial charge >= 0.3 is 5.97 Å². The van der Waals surface area contributed by atoms with E-state index in [9.17, 15) is 4.79 Å². The summed E-state index contributed by atoms with van der Waals surface area (Å²) in [7, 11) is 0. The number of rotatable bonds is 3. The van der Waals surface area contributed by atoms with Gasteiger partial charge in [-0.3, -0.25) is 4.79 Å². The van der Waals surface area contributed by atoms with Crippen LogP contribution in [0.25, 0.3) is 0 Å². The van der Waals surface area contributed by atoms with Crippen LogP contribution in [0.1, 0.15) is 52.0 Å². The summed E-state index contributed by atoms with van der Waals surface area (Å²) in [5.74, 6) is -0.0879. The minimum absolute atomic E-state index is 0. The fourth-order valence-corrected chi connectivity index (χ4v) is 2.57. The van der Waals surface area contributed by atoms with E-state index < -0.39 is 5.60 Å². The van der Waals surface area contributed by atoms with Crippen LogP contribution in [0.4, 0.5) is 0 Å². The van der Waals surface area contributed by atoms with Gasteiger partial charge in [-0.2, -0.15) is 35.9 Å². The third-order valence-electron chi connectivity index (χ3n) is 3.54. The van der Waals surface area contributed by atoms with E-state index in [0.717, 1.165) is 12.8 Å². The molecule has 104 valence electrons. The average molecular weight is 429 g/mol. The summed E-state index contributed by atoms with van der Waals surface area (Å²) >= 11 is 0. The van der Waals surface area contributed by atoms with E-state index in [4.69, 9.17) is 4.74 Å². The number of hydrogen-bond donors (Lipinski definition) is 0. The molecule has 3 heteroatoms. The Labute approximate surface area is 130 Å². The first-order valence-electron chi connectivity index (χ1n) is 6.60. The van der Waals surface area contributed by atoms with Crippen molar-refractivity contribution in [2.75, 3.05) is 0 Å². The van der Waals surface area contributed by atoms with E-state index in [1.54, 1.807) is 0 Å². The van der Waals surface area contributed by atoms with E-state index in [1.807, 2.05) is 32.9 Å². The van der Waals surface area contributed by atoms with Gasteiger partial charge in [0, 0.05) is 21.1 Å². The zero-order chi connectivity index (χ0) is 13.2. The van der Waals surface area contributed by atoms with Crippen LogP contribution in [-0.2, 0) is 36.0 Å². The number of carbonyl (C=O) groups excluding carboxylic acids is 1. The van der Waals surface area contributed by atoms with Gasteiger partial charge in [0.15, 0.2) is 0 Å². The van der Waals surface area contributed by atoms with Crippen molar-refractivity contribution in [3.05, 3.63) is 35.9 Å². The number of esters is 1. The quantitative estimate of drug-likeness (QED) is 0.542. The molecule has 1 fully saturated rings. The van der Waals surface area contributed by atoms with Crippen LogP contribution >= 0.6 is 0 Å². The Hall–Kier alpha value is -0.622. The van der Waals surface area contributed by atoms with Crippen LogP contribution in [-0.4, -0.2) is 11.6 Å². The molecule has 0 N–H and O–H groups in total. The fourth-order valence-electron chi connectivity index (χ4n) is 2.57. The smallest absolute Gasteiger partial charge is 0.307 e. The molecule has 1 aliphatic rings. The molecular weight excluding hydrogens is 408 g/mol. The van der Waals surface area contributed by atoms with Crippen LogP contribution in [0.3, 0.4) is 0 Å². The molecule has 19 heavy (non-hydrogen) atoms. The summed E-state index contributed by atoms with van der Waals surface area (Å²) in [6, 6.07) is 11.0. The maximum absolute atomic E-state index is 12.0. The van der Waals surface area contributed by atoms with Crippen LogP contribution in [0.15, 0.2) is 24.3 Å². The molecule has 2 rings (SSSR count). The molecule has 0 atom stereocenters. The normalized spacial score (nSPS) is 17.0. The summed E-state index contributed by atoms with van der Waals surface area (Å²) in [4.78, 5) is 12.0. The van der Waals surface area contributed by atoms with Gasteiger partial charge in [-0.05, 0) is 39.0 Å². The summed E-state index contributed by atoms with van der Waals surface area (Å²) in [5.41, 5.74) is 0.863. The Bertz CT molecular complexity index is 416. The second-order valence-corrected chi connectivity index (χ2v) is 6.19. The molecule has 0 spiro atoms. The Balaban J connectivity index is 0.00000180. The molecule has 0 unspecified atom stereocenters. The van der Waals surface area contributed by atoms with Gasteiger partial charge < -0.3 is 4.74 Å². The zero-order valence-electron chi connectivity index (χ0n) is 11.9. The molecule has 1 aromatic rings. The van der Waals surface area contributed by atoms with Crippen molar-refractivity contribution in [1.29, 1.82) is 0 Å². The fraction of sp³-hybridized carbons (Fsp3) is 0.562. The number of hydrogen-bond acceptors (Lipinski definition) is 2. The molecule has 0 bridgehead atoms. The molecule has 1 aromatic carbocycles. The monoisotopic (exact) mass is 429 g/mol. The second kappa shape index (κ2) is 6.22. The molecule has 1 saturated carbocycles. The second-order valence-electron chi connectivity index (χ2n) is 6.19. The van der Waals surface area contributed by atoms with Crippen LogP contribution < -0.4 is 0 Å². The number of benzene rings is 1. The van der Waals surface area contributed by atoms with E-state index in [1.165, 1.54) is 12.0 Å². The van der Waals surface area contributed by atoms with Crippen molar-refractivity contribution in [3.8, 4) is 0 Å². The van der Waals surface area contributed by atoms with Gasteiger partial charge in [0.1, 0.15) is 5.60 Å². The van der Waals surface area contributed by atoms with Gasteiger partial charge in [0.25, 0.3) is 0 Å². The molecule has 0 heterocycles. The molecule has 1 aliphatic carbocycles.